The molecule has 2 N–H and O–H groups in total. The molecule has 15 heteroatoms. The molecule has 2 atom stereocenters. The van der Waals surface area contributed by atoms with Crippen molar-refractivity contribution in [3.05, 3.63) is 83.9 Å². The van der Waals surface area contributed by atoms with Gasteiger partial charge in [-0.1, -0.05) is 7.43 Å². The molecule has 2 aromatic heterocycles. The maximum Gasteiger partial charge on any atom is 0.337 e. The van der Waals surface area contributed by atoms with Gasteiger partial charge in [-0.2, -0.15) is 0 Å². The van der Waals surface area contributed by atoms with E-state index in [4.69, 9.17) is 48.7 Å². The highest BCUT2D eigenvalue weighted by Gasteiger charge is 2.29. The van der Waals surface area contributed by atoms with Crippen LogP contribution in [0.2, 0.25) is 0 Å². The largest absolute Gasteiger partial charge is 0.478 e. The van der Waals surface area contributed by atoms with Crippen LogP contribution < -0.4 is 28.7 Å². The Bertz CT molecular complexity index is 2570. The number of rotatable bonds is 6. The molecule has 10 rings (SSSR count). The van der Waals surface area contributed by atoms with Gasteiger partial charge in [0.25, 0.3) is 0 Å². The number of ether oxygens (including phenoxy) is 5. The third kappa shape index (κ3) is 8.00. The van der Waals surface area contributed by atoms with Crippen molar-refractivity contribution in [1.29, 1.82) is 0 Å². The van der Waals surface area contributed by atoms with Crippen molar-refractivity contribution in [2.75, 3.05) is 50.7 Å². The number of carbonyl (C=O) groups excluding carboxylic acids is 1. The average Bonchev–Trinajstić information content (AvgIpc) is 4.11. The lowest BCUT2D eigenvalue weighted by atomic mass is 10.1. The molecule has 0 unspecified atom stereocenters. The van der Waals surface area contributed by atoms with E-state index in [1.807, 2.05) is 42.5 Å². The molecule has 6 aromatic rings. The first-order valence-corrected chi connectivity index (χ1v) is 19.5. The summed E-state index contributed by atoms with van der Waals surface area (Å²) in [4.78, 5) is 47.4. The maximum atomic E-state index is 11.9. The molecule has 0 bridgehead atoms. The third-order valence-electron chi connectivity index (χ3n) is 10.9. The van der Waals surface area contributed by atoms with Gasteiger partial charge in [-0.25, -0.2) is 29.5 Å². The minimum absolute atomic E-state index is 0. The summed E-state index contributed by atoms with van der Waals surface area (Å²) in [6.07, 6.45) is 4.41. The Morgan fingerprint density at radius 1 is 0.617 bits per heavy atom. The van der Waals surface area contributed by atoms with Crippen molar-refractivity contribution in [3.8, 4) is 45.5 Å². The summed E-state index contributed by atoms with van der Waals surface area (Å²) in [5, 5.41) is 16.3. The fourth-order valence-corrected chi connectivity index (χ4v) is 7.84. The van der Waals surface area contributed by atoms with E-state index >= 15 is 0 Å². The Morgan fingerprint density at radius 3 is 1.50 bits per heavy atom. The SMILES string of the molecule is C.CO.COC(=O)c1ccc2nc(-c3ccc4c(c3)OCO4)c(N3CCC[C@@H]3C)nc2c1.C[C@H]1CCCN1c1nc2cc(C(=O)O)ccc2nc1-c1ccc2c(c1)OCO2. The minimum atomic E-state index is -0.973. The second kappa shape index (κ2) is 17.6. The van der Waals surface area contributed by atoms with Gasteiger partial charge in [-0.3, -0.25) is 0 Å². The average molecular weight is 817 g/mol. The highest BCUT2D eigenvalue weighted by atomic mass is 16.7. The van der Waals surface area contributed by atoms with Crippen LogP contribution in [0.4, 0.5) is 11.6 Å². The van der Waals surface area contributed by atoms with E-state index in [1.54, 1.807) is 30.3 Å². The third-order valence-corrected chi connectivity index (χ3v) is 10.9. The number of methoxy groups -OCH3 is 1. The van der Waals surface area contributed by atoms with E-state index in [0.29, 0.717) is 45.7 Å². The molecule has 0 radical (unpaired) electrons. The Kier molecular flexibility index (Phi) is 12.2. The molecule has 0 amide bonds. The number of esters is 1. The van der Waals surface area contributed by atoms with Crippen molar-refractivity contribution in [2.24, 2.45) is 0 Å². The molecule has 312 valence electrons. The van der Waals surface area contributed by atoms with Gasteiger partial charge in [0.15, 0.2) is 34.6 Å². The molecule has 4 aromatic carbocycles. The second-order valence-corrected chi connectivity index (χ2v) is 14.5. The van der Waals surface area contributed by atoms with Gasteiger partial charge in [0, 0.05) is 43.4 Å². The monoisotopic (exact) mass is 816 g/mol. The molecule has 0 aliphatic carbocycles. The summed E-state index contributed by atoms with van der Waals surface area (Å²) in [6, 6.07) is 22.4. The minimum Gasteiger partial charge on any atom is -0.478 e. The molecule has 2 fully saturated rings. The van der Waals surface area contributed by atoms with Crippen LogP contribution in [0.1, 0.15) is 67.7 Å². The number of aromatic carboxylic acids is 1. The van der Waals surface area contributed by atoms with Crippen LogP contribution in [0.3, 0.4) is 0 Å². The van der Waals surface area contributed by atoms with Crippen LogP contribution in [0.5, 0.6) is 23.0 Å². The number of aliphatic hydroxyl groups is 1. The first-order valence-electron chi connectivity index (χ1n) is 19.5. The number of anilines is 2. The Balaban J connectivity index is 0.000000172. The quantitative estimate of drug-likeness (QED) is 0.156. The fourth-order valence-electron chi connectivity index (χ4n) is 7.84. The molecule has 60 heavy (non-hydrogen) atoms. The molecular weight excluding hydrogens is 769 g/mol. The van der Waals surface area contributed by atoms with Crippen LogP contribution in [0, 0.1) is 0 Å². The highest BCUT2D eigenvalue weighted by molar-refractivity contribution is 5.95. The molecule has 0 saturated carbocycles. The zero-order valence-electron chi connectivity index (χ0n) is 33.2. The van der Waals surface area contributed by atoms with Gasteiger partial charge in [0.05, 0.1) is 40.3 Å². The molecule has 0 spiro atoms. The number of benzene rings is 4. The van der Waals surface area contributed by atoms with Crippen molar-refractivity contribution in [1.82, 2.24) is 19.9 Å². The van der Waals surface area contributed by atoms with Crippen LogP contribution >= 0.6 is 0 Å². The summed E-state index contributed by atoms with van der Waals surface area (Å²) >= 11 is 0. The zero-order chi connectivity index (χ0) is 41.2. The number of hydrogen-bond acceptors (Lipinski definition) is 14. The number of aliphatic hydroxyl groups excluding tert-OH is 1. The predicted octanol–water partition coefficient (Wildman–Crippen LogP) is 7.76. The summed E-state index contributed by atoms with van der Waals surface area (Å²) in [5.41, 5.74) is 6.70. The summed E-state index contributed by atoms with van der Waals surface area (Å²) < 4.78 is 26.8. The van der Waals surface area contributed by atoms with Crippen molar-refractivity contribution in [3.63, 3.8) is 0 Å². The van der Waals surface area contributed by atoms with Crippen LogP contribution in [0.15, 0.2) is 72.8 Å². The van der Waals surface area contributed by atoms with E-state index in [9.17, 15) is 14.7 Å². The topological polar surface area (TPSA) is 179 Å². The Labute approximate surface area is 347 Å². The normalized spacial score (nSPS) is 17.1. The van der Waals surface area contributed by atoms with Crippen LogP contribution in [-0.2, 0) is 4.74 Å². The molecule has 15 nitrogen and oxygen atoms in total. The highest BCUT2D eigenvalue weighted by Crippen LogP contribution is 2.41. The van der Waals surface area contributed by atoms with E-state index in [-0.39, 0.29) is 32.5 Å². The van der Waals surface area contributed by atoms with E-state index < -0.39 is 5.97 Å². The van der Waals surface area contributed by atoms with Gasteiger partial charge in [-0.15, -0.1) is 0 Å². The zero-order valence-corrected chi connectivity index (χ0v) is 33.2. The smallest absolute Gasteiger partial charge is 0.337 e. The number of carbonyl (C=O) groups is 2. The fraction of sp³-hybridized carbons (Fsp3) is 0.333. The van der Waals surface area contributed by atoms with Gasteiger partial charge in [-0.05, 0) is 112 Å². The number of aromatic nitrogens is 4. The standard InChI is InChI=1S/C22H21N3O4.C21H19N3O4.CH4O.CH4/c1-13-4-3-9-25(13)21-20(14-6-8-18-19(11-14)29-12-28-18)23-16-7-5-15(22(26)27-2)10-17(16)24-21;1-12-3-2-8-24(12)20-19(13-5-7-17-18(10-13)28-11-27-17)22-15-6-4-14(21(25)26)9-16(15)23-20;1-2;/h5-8,10-11,13H,3-4,9,12H2,1-2H3;4-7,9-10,12H,2-3,8,11H2,1H3,(H,25,26);2H,1H3;1H4/t13-;12-;;/m00../s1. The van der Waals surface area contributed by atoms with Crippen LogP contribution in [0.25, 0.3) is 44.6 Å². The lowest BCUT2D eigenvalue weighted by Crippen LogP contribution is -2.28. The molecule has 6 heterocycles. The molecular formula is C45H48N6O9. The Morgan fingerprint density at radius 2 is 1.07 bits per heavy atom. The van der Waals surface area contributed by atoms with Gasteiger partial charge >= 0.3 is 11.9 Å². The van der Waals surface area contributed by atoms with E-state index in [1.165, 1.54) is 7.11 Å². The first-order chi connectivity index (χ1) is 28.7. The number of hydrogen-bond donors (Lipinski definition) is 2. The second-order valence-electron chi connectivity index (χ2n) is 14.5. The van der Waals surface area contributed by atoms with Gasteiger partial charge in [0.2, 0.25) is 13.6 Å². The van der Waals surface area contributed by atoms with Crippen LogP contribution in [-0.4, -0.2) is 95.1 Å². The number of carboxylic acids is 1. The lowest BCUT2D eigenvalue weighted by molar-refractivity contribution is 0.0600. The van der Waals surface area contributed by atoms with Crippen molar-refractivity contribution >= 4 is 45.6 Å². The van der Waals surface area contributed by atoms with Gasteiger partial charge < -0.3 is 43.7 Å². The number of nitrogens with zero attached hydrogens (tertiary/aromatic N) is 6. The first kappa shape index (κ1) is 41.4. The molecule has 4 aliphatic heterocycles. The summed E-state index contributed by atoms with van der Waals surface area (Å²) in [6.45, 7) is 6.65. The lowest BCUT2D eigenvalue weighted by Gasteiger charge is -2.25. The summed E-state index contributed by atoms with van der Waals surface area (Å²) in [7, 11) is 2.37. The van der Waals surface area contributed by atoms with E-state index in [2.05, 4.69) is 23.6 Å². The van der Waals surface area contributed by atoms with Crippen molar-refractivity contribution < 1.29 is 43.5 Å². The maximum absolute atomic E-state index is 11.9. The molecule has 2 saturated heterocycles. The summed E-state index contributed by atoms with van der Waals surface area (Å²) in [5.74, 6) is 3.11. The molecule has 4 aliphatic rings. The van der Waals surface area contributed by atoms with Gasteiger partial charge in [0.1, 0.15) is 11.4 Å². The number of carboxylic acid groups (broad SMARTS) is 1. The Hall–Kier alpha value is -6.74. The number of fused-ring (bicyclic) bond motifs is 4. The van der Waals surface area contributed by atoms with Crippen molar-refractivity contribution in [2.45, 2.75) is 59.0 Å². The predicted molar refractivity (Wildman–Crippen MR) is 227 cm³/mol. The van der Waals surface area contributed by atoms with E-state index in [0.717, 1.165) is 97.0 Å².